The normalized spacial score (nSPS) is 13.0. The van der Waals surface area contributed by atoms with Crippen LogP contribution >= 0.6 is 0 Å². The Labute approximate surface area is 136 Å². The van der Waals surface area contributed by atoms with E-state index in [-0.39, 0.29) is 29.2 Å². The van der Waals surface area contributed by atoms with Crippen LogP contribution in [0.5, 0.6) is 0 Å². The minimum absolute atomic E-state index is 0.00593. The van der Waals surface area contributed by atoms with Gasteiger partial charge in [0.15, 0.2) is 0 Å². The number of aromatic carboxylic acids is 1. The van der Waals surface area contributed by atoms with Crippen LogP contribution in [0.2, 0.25) is 0 Å². The molecule has 6 nitrogen and oxygen atoms in total. The Bertz CT molecular complexity index is 556. The number of carboxylic acid groups (broad SMARTS) is 1. The van der Waals surface area contributed by atoms with E-state index in [0.717, 1.165) is 0 Å². The molecule has 2 amide bonds. The van der Waals surface area contributed by atoms with Crippen molar-refractivity contribution in [2.24, 2.45) is 11.8 Å². The Morgan fingerprint density at radius 3 is 1.61 bits per heavy atom. The number of amides is 2. The van der Waals surface area contributed by atoms with Crippen molar-refractivity contribution in [1.82, 2.24) is 0 Å². The summed E-state index contributed by atoms with van der Waals surface area (Å²) in [7, 11) is 0. The van der Waals surface area contributed by atoms with Gasteiger partial charge in [-0.15, -0.1) is 0 Å². The van der Waals surface area contributed by atoms with Gasteiger partial charge in [-0.1, -0.05) is 27.7 Å². The molecule has 0 fully saturated rings. The second kappa shape index (κ2) is 8.31. The van der Waals surface area contributed by atoms with Gasteiger partial charge in [0.25, 0.3) is 0 Å². The number of nitrogens with one attached hydrogen (secondary N) is 2. The van der Waals surface area contributed by atoms with Crippen molar-refractivity contribution in [2.45, 2.75) is 40.5 Å². The van der Waals surface area contributed by atoms with Crippen LogP contribution < -0.4 is 10.6 Å². The summed E-state index contributed by atoms with van der Waals surface area (Å²) in [6, 6.07) is 4.32. The second-order valence-electron chi connectivity index (χ2n) is 5.70. The fourth-order valence-electron chi connectivity index (χ4n) is 1.80. The molecule has 2 atom stereocenters. The zero-order valence-electron chi connectivity index (χ0n) is 14.0. The Morgan fingerprint density at radius 2 is 1.30 bits per heavy atom. The van der Waals surface area contributed by atoms with Crippen LogP contribution in [-0.2, 0) is 9.59 Å². The summed E-state index contributed by atoms with van der Waals surface area (Å²) in [6.45, 7) is 7.38. The highest BCUT2D eigenvalue weighted by molar-refractivity contribution is 5.98. The van der Waals surface area contributed by atoms with Crippen LogP contribution in [0.15, 0.2) is 18.2 Å². The van der Waals surface area contributed by atoms with E-state index in [1.807, 2.05) is 13.8 Å². The lowest BCUT2D eigenvalue weighted by Gasteiger charge is -2.14. The first kappa shape index (κ1) is 18.7. The Kier molecular flexibility index (Phi) is 6.75. The molecule has 3 N–H and O–H groups in total. The summed E-state index contributed by atoms with van der Waals surface area (Å²) in [5.41, 5.74) is 0.718. The minimum Gasteiger partial charge on any atom is -0.478 e. The molecule has 0 saturated heterocycles. The highest BCUT2D eigenvalue weighted by Gasteiger charge is 2.15. The lowest BCUT2D eigenvalue weighted by Crippen LogP contribution is -2.21. The van der Waals surface area contributed by atoms with Crippen molar-refractivity contribution in [2.75, 3.05) is 10.6 Å². The van der Waals surface area contributed by atoms with Crippen molar-refractivity contribution in [3.05, 3.63) is 23.8 Å². The van der Waals surface area contributed by atoms with Crippen LogP contribution in [0.25, 0.3) is 0 Å². The van der Waals surface area contributed by atoms with Gasteiger partial charge in [-0.2, -0.15) is 0 Å². The fraction of sp³-hybridized carbons (Fsp3) is 0.471. The average Bonchev–Trinajstić information content (AvgIpc) is 2.52. The Morgan fingerprint density at radius 1 is 0.913 bits per heavy atom. The number of carbonyl (C=O) groups is 3. The molecule has 1 rings (SSSR count). The van der Waals surface area contributed by atoms with Gasteiger partial charge in [0.1, 0.15) is 0 Å². The van der Waals surface area contributed by atoms with Crippen LogP contribution in [0.4, 0.5) is 11.4 Å². The van der Waals surface area contributed by atoms with E-state index in [4.69, 9.17) is 0 Å². The molecule has 0 aliphatic heterocycles. The van der Waals surface area contributed by atoms with E-state index in [1.54, 1.807) is 19.9 Å². The van der Waals surface area contributed by atoms with Crippen molar-refractivity contribution in [3.63, 3.8) is 0 Å². The molecule has 1 aromatic rings. The summed E-state index contributed by atoms with van der Waals surface area (Å²) in [6.07, 6.45) is 1.37. The third-order valence-electron chi connectivity index (χ3n) is 3.83. The van der Waals surface area contributed by atoms with Gasteiger partial charge in [-0.3, -0.25) is 9.59 Å². The third-order valence-corrected chi connectivity index (χ3v) is 3.83. The zero-order chi connectivity index (χ0) is 17.6. The predicted octanol–water partition coefficient (Wildman–Crippen LogP) is 3.35. The first-order valence-corrected chi connectivity index (χ1v) is 7.78. The van der Waals surface area contributed by atoms with Crippen molar-refractivity contribution in [3.8, 4) is 0 Å². The van der Waals surface area contributed by atoms with Gasteiger partial charge < -0.3 is 15.7 Å². The Hall–Kier alpha value is -2.37. The molecule has 6 heteroatoms. The third kappa shape index (κ3) is 5.39. The molecule has 0 aliphatic carbocycles. The molecule has 126 valence electrons. The van der Waals surface area contributed by atoms with E-state index in [9.17, 15) is 19.5 Å². The standard InChI is InChI=1S/C17H24N2O4/c1-5-10(3)15(20)18-13-7-12(17(22)23)8-14(9-13)19-16(21)11(4)6-2/h7-11H,5-6H2,1-4H3,(H,18,20)(H,19,21)(H,22,23)/t10-,11-/m1/s1. The highest BCUT2D eigenvalue weighted by atomic mass is 16.4. The maximum absolute atomic E-state index is 12.0. The molecule has 0 bridgehead atoms. The van der Waals surface area contributed by atoms with Crippen LogP contribution in [0.1, 0.15) is 50.9 Å². The molecule has 0 saturated carbocycles. The first-order chi connectivity index (χ1) is 10.8. The summed E-state index contributed by atoms with van der Waals surface area (Å²) in [4.78, 5) is 35.2. The molecule has 0 spiro atoms. The largest absolute Gasteiger partial charge is 0.478 e. The molecule has 1 aromatic carbocycles. The smallest absolute Gasteiger partial charge is 0.335 e. The quantitative estimate of drug-likeness (QED) is 0.718. The average molecular weight is 320 g/mol. The molecule has 23 heavy (non-hydrogen) atoms. The number of carboxylic acids is 1. The fourth-order valence-corrected chi connectivity index (χ4v) is 1.80. The lowest BCUT2D eigenvalue weighted by atomic mass is 10.1. The summed E-state index contributed by atoms with van der Waals surface area (Å²) in [5, 5.41) is 14.6. The van der Waals surface area contributed by atoms with Crippen molar-refractivity contribution in [1.29, 1.82) is 0 Å². The topological polar surface area (TPSA) is 95.5 Å². The van der Waals surface area contributed by atoms with Gasteiger partial charge in [-0.05, 0) is 31.0 Å². The van der Waals surface area contributed by atoms with Gasteiger partial charge in [0.2, 0.25) is 11.8 Å². The van der Waals surface area contributed by atoms with Gasteiger partial charge >= 0.3 is 5.97 Å². The van der Waals surface area contributed by atoms with Gasteiger partial charge in [0.05, 0.1) is 5.56 Å². The van der Waals surface area contributed by atoms with Crippen LogP contribution in [0, 0.1) is 11.8 Å². The Balaban J connectivity index is 3.05. The SMILES string of the molecule is CC[C@@H](C)C(=O)Nc1cc(NC(=O)[C@H](C)CC)cc(C(=O)O)c1. The van der Waals surface area contributed by atoms with Crippen LogP contribution in [-0.4, -0.2) is 22.9 Å². The molecular formula is C17H24N2O4. The maximum Gasteiger partial charge on any atom is 0.335 e. The number of rotatable bonds is 7. The predicted molar refractivity (Wildman–Crippen MR) is 89.6 cm³/mol. The van der Waals surface area contributed by atoms with Crippen molar-refractivity contribution >= 4 is 29.2 Å². The molecule has 0 unspecified atom stereocenters. The van der Waals surface area contributed by atoms with E-state index in [1.165, 1.54) is 12.1 Å². The summed E-state index contributed by atoms with van der Waals surface area (Å²) >= 11 is 0. The zero-order valence-corrected chi connectivity index (χ0v) is 14.0. The number of benzene rings is 1. The van der Waals surface area contributed by atoms with E-state index < -0.39 is 5.97 Å². The van der Waals surface area contributed by atoms with E-state index >= 15 is 0 Å². The second-order valence-corrected chi connectivity index (χ2v) is 5.70. The monoisotopic (exact) mass is 320 g/mol. The number of carbonyl (C=O) groups excluding carboxylic acids is 2. The van der Waals surface area contributed by atoms with E-state index in [2.05, 4.69) is 10.6 Å². The summed E-state index contributed by atoms with van der Waals surface area (Å²) in [5.74, 6) is -1.85. The number of hydrogen-bond acceptors (Lipinski definition) is 3. The van der Waals surface area contributed by atoms with Crippen LogP contribution in [0.3, 0.4) is 0 Å². The summed E-state index contributed by atoms with van der Waals surface area (Å²) < 4.78 is 0. The maximum atomic E-state index is 12.0. The first-order valence-electron chi connectivity index (χ1n) is 7.78. The molecule has 0 heterocycles. The number of hydrogen-bond donors (Lipinski definition) is 3. The molecule has 0 aliphatic rings. The molecule has 0 aromatic heterocycles. The lowest BCUT2D eigenvalue weighted by molar-refractivity contribution is -0.120. The minimum atomic E-state index is -1.12. The van der Waals surface area contributed by atoms with Crippen molar-refractivity contribution < 1.29 is 19.5 Å². The molecular weight excluding hydrogens is 296 g/mol. The van der Waals surface area contributed by atoms with Gasteiger partial charge in [0, 0.05) is 23.2 Å². The number of anilines is 2. The van der Waals surface area contributed by atoms with Gasteiger partial charge in [-0.25, -0.2) is 4.79 Å². The molecule has 0 radical (unpaired) electrons. The van der Waals surface area contributed by atoms with E-state index in [0.29, 0.717) is 24.2 Å². The highest BCUT2D eigenvalue weighted by Crippen LogP contribution is 2.21.